The van der Waals surface area contributed by atoms with Crippen LogP contribution in [0.2, 0.25) is 0 Å². The van der Waals surface area contributed by atoms with E-state index in [2.05, 4.69) is 5.32 Å². The highest BCUT2D eigenvalue weighted by molar-refractivity contribution is 7.91. The summed E-state index contributed by atoms with van der Waals surface area (Å²) >= 11 is 0. The molecule has 0 aliphatic heterocycles. The Balaban J connectivity index is 2.77. The van der Waals surface area contributed by atoms with E-state index in [9.17, 15) is 8.42 Å². The molecule has 3 nitrogen and oxygen atoms in total. The predicted molar refractivity (Wildman–Crippen MR) is 61.8 cm³/mol. The molecular formula is C11H17NO2S. The number of nitrogens with one attached hydrogen (secondary N) is 1. The molecule has 1 aromatic rings. The average Bonchev–Trinajstić information content (AvgIpc) is 2.18. The van der Waals surface area contributed by atoms with Gasteiger partial charge in [0.05, 0.1) is 10.6 Å². The van der Waals surface area contributed by atoms with Gasteiger partial charge in [-0.2, -0.15) is 0 Å². The Bertz CT molecular complexity index is 412. The second-order valence-corrected chi connectivity index (χ2v) is 5.60. The molecule has 0 fully saturated rings. The Labute approximate surface area is 91.4 Å². The molecule has 0 amide bonds. The van der Waals surface area contributed by atoms with Crippen LogP contribution in [0.3, 0.4) is 0 Å². The molecule has 0 atom stereocenters. The third-order valence-electron chi connectivity index (χ3n) is 2.15. The molecular weight excluding hydrogens is 210 g/mol. The topological polar surface area (TPSA) is 46.2 Å². The lowest BCUT2D eigenvalue weighted by atomic mass is 10.2. The standard InChI is InChI=1S/C11H17NO2S/c1-3-12-7-8-15(13,14)11-6-4-5-10(2)9-11/h4-6,9,12H,3,7-8H2,1-2H3. The number of hydrogen-bond donors (Lipinski definition) is 1. The number of rotatable bonds is 5. The maximum absolute atomic E-state index is 11.8. The van der Waals surface area contributed by atoms with E-state index < -0.39 is 9.84 Å². The van der Waals surface area contributed by atoms with Crippen molar-refractivity contribution in [3.63, 3.8) is 0 Å². The van der Waals surface area contributed by atoms with Gasteiger partial charge in [0, 0.05) is 6.54 Å². The maximum atomic E-state index is 11.8. The summed E-state index contributed by atoms with van der Waals surface area (Å²) in [5, 5.41) is 3.01. The lowest BCUT2D eigenvalue weighted by molar-refractivity contribution is 0.592. The third kappa shape index (κ3) is 3.64. The molecule has 0 spiro atoms. The van der Waals surface area contributed by atoms with Crippen LogP contribution < -0.4 is 5.32 Å². The maximum Gasteiger partial charge on any atom is 0.179 e. The lowest BCUT2D eigenvalue weighted by Gasteiger charge is -2.05. The van der Waals surface area contributed by atoms with Crippen LogP contribution in [0.1, 0.15) is 12.5 Å². The van der Waals surface area contributed by atoms with Crippen LogP contribution in [0, 0.1) is 6.92 Å². The van der Waals surface area contributed by atoms with Crippen molar-refractivity contribution in [1.82, 2.24) is 5.32 Å². The number of hydrogen-bond acceptors (Lipinski definition) is 3. The first-order chi connectivity index (χ1) is 7.06. The Morgan fingerprint density at radius 3 is 2.67 bits per heavy atom. The SMILES string of the molecule is CCNCCS(=O)(=O)c1cccc(C)c1. The molecule has 15 heavy (non-hydrogen) atoms. The molecule has 0 saturated heterocycles. The molecule has 84 valence electrons. The highest BCUT2D eigenvalue weighted by Crippen LogP contribution is 2.12. The molecule has 0 unspecified atom stereocenters. The molecule has 0 aliphatic rings. The summed E-state index contributed by atoms with van der Waals surface area (Å²) in [6.07, 6.45) is 0. The van der Waals surface area contributed by atoms with E-state index in [-0.39, 0.29) is 5.75 Å². The van der Waals surface area contributed by atoms with Crippen molar-refractivity contribution in [2.75, 3.05) is 18.8 Å². The van der Waals surface area contributed by atoms with Gasteiger partial charge in [0.15, 0.2) is 9.84 Å². The first-order valence-electron chi connectivity index (χ1n) is 5.06. The second kappa shape index (κ2) is 5.28. The van der Waals surface area contributed by atoms with Gasteiger partial charge in [-0.25, -0.2) is 8.42 Å². The van der Waals surface area contributed by atoms with Crippen LogP contribution >= 0.6 is 0 Å². The predicted octanol–water partition coefficient (Wildman–Crippen LogP) is 1.38. The minimum absolute atomic E-state index is 0.157. The van der Waals surface area contributed by atoms with Crippen molar-refractivity contribution >= 4 is 9.84 Å². The Kier molecular flexibility index (Phi) is 4.29. The van der Waals surface area contributed by atoms with Crippen LogP contribution in [0.4, 0.5) is 0 Å². The molecule has 1 rings (SSSR count). The smallest absolute Gasteiger partial charge is 0.179 e. The van der Waals surface area contributed by atoms with Crippen molar-refractivity contribution in [1.29, 1.82) is 0 Å². The fourth-order valence-corrected chi connectivity index (χ4v) is 2.61. The van der Waals surface area contributed by atoms with Crippen molar-refractivity contribution in [2.24, 2.45) is 0 Å². The van der Waals surface area contributed by atoms with Crippen LogP contribution in [0.25, 0.3) is 0 Å². The van der Waals surface area contributed by atoms with E-state index in [1.54, 1.807) is 18.2 Å². The van der Waals surface area contributed by atoms with Crippen molar-refractivity contribution in [3.05, 3.63) is 29.8 Å². The minimum Gasteiger partial charge on any atom is -0.316 e. The van der Waals surface area contributed by atoms with Crippen LogP contribution in [-0.4, -0.2) is 27.3 Å². The number of aryl methyl sites for hydroxylation is 1. The highest BCUT2D eigenvalue weighted by atomic mass is 32.2. The number of sulfone groups is 1. The van der Waals surface area contributed by atoms with Gasteiger partial charge >= 0.3 is 0 Å². The van der Waals surface area contributed by atoms with Crippen molar-refractivity contribution < 1.29 is 8.42 Å². The van der Waals surface area contributed by atoms with Crippen LogP contribution in [-0.2, 0) is 9.84 Å². The second-order valence-electron chi connectivity index (χ2n) is 3.49. The summed E-state index contributed by atoms with van der Waals surface area (Å²) < 4.78 is 23.6. The summed E-state index contributed by atoms with van der Waals surface area (Å²) in [5.41, 5.74) is 0.972. The van der Waals surface area contributed by atoms with E-state index in [1.807, 2.05) is 19.9 Å². The Morgan fingerprint density at radius 2 is 2.07 bits per heavy atom. The van der Waals surface area contributed by atoms with Gasteiger partial charge in [-0.15, -0.1) is 0 Å². The highest BCUT2D eigenvalue weighted by Gasteiger charge is 2.13. The first kappa shape index (κ1) is 12.2. The van der Waals surface area contributed by atoms with Gasteiger partial charge in [-0.1, -0.05) is 19.1 Å². The van der Waals surface area contributed by atoms with Gasteiger partial charge in [-0.05, 0) is 31.2 Å². The Hall–Kier alpha value is -0.870. The molecule has 1 N–H and O–H groups in total. The van der Waals surface area contributed by atoms with Crippen molar-refractivity contribution in [3.8, 4) is 0 Å². The van der Waals surface area contributed by atoms with Gasteiger partial charge in [-0.3, -0.25) is 0 Å². The van der Waals surface area contributed by atoms with E-state index in [0.29, 0.717) is 11.4 Å². The molecule has 0 saturated carbocycles. The molecule has 0 aliphatic carbocycles. The van der Waals surface area contributed by atoms with Gasteiger partial charge in [0.1, 0.15) is 0 Å². The largest absolute Gasteiger partial charge is 0.316 e. The molecule has 1 aromatic carbocycles. The van der Waals surface area contributed by atoms with Crippen LogP contribution in [0.5, 0.6) is 0 Å². The summed E-state index contributed by atoms with van der Waals surface area (Å²) in [6.45, 7) is 5.15. The van der Waals surface area contributed by atoms with E-state index >= 15 is 0 Å². The van der Waals surface area contributed by atoms with Crippen LogP contribution in [0.15, 0.2) is 29.2 Å². The molecule has 0 heterocycles. The zero-order chi connectivity index (χ0) is 11.3. The summed E-state index contributed by atoms with van der Waals surface area (Å²) in [4.78, 5) is 0.417. The summed E-state index contributed by atoms with van der Waals surface area (Å²) in [6, 6.07) is 7.02. The fraction of sp³-hybridized carbons (Fsp3) is 0.455. The fourth-order valence-electron chi connectivity index (χ4n) is 1.31. The third-order valence-corrected chi connectivity index (χ3v) is 3.86. The zero-order valence-electron chi connectivity index (χ0n) is 9.16. The Morgan fingerprint density at radius 1 is 1.33 bits per heavy atom. The number of benzene rings is 1. The quantitative estimate of drug-likeness (QED) is 0.773. The minimum atomic E-state index is -3.12. The van der Waals surface area contributed by atoms with E-state index in [0.717, 1.165) is 12.1 Å². The van der Waals surface area contributed by atoms with Crippen molar-refractivity contribution in [2.45, 2.75) is 18.7 Å². The first-order valence-corrected chi connectivity index (χ1v) is 6.71. The molecule has 0 bridgehead atoms. The summed E-state index contributed by atoms with van der Waals surface area (Å²) in [5.74, 6) is 0.157. The molecule has 0 radical (unpaired) electrons. The monoisotopic (exact) mass is 227 g/mol. The average molecular weight is 227 g/mol. The molecule has 0 aromatic heterocycles. The molecule has 4 heteroatoms. The van der Waals surface area contributed by atoms with Gasteiger partial charge < -0.3 is 5.32 Å². The van der Waals surface area contributed by atoms with E-state index in [1.165, 1.54) is 0 Å². The van der Waals surface area contributed by atoms with Gasteiger partial charge in [0.2, 0.25) is 0 Å². The normalized spacial score (nSPS) is 11.6. The lowest BCUT2D eigenvalue weighted by Crippen LogP contribution is -2.22. The van der Waals surface area contributed by atoms with Gasteiger partial charge in [0.25, 0.3) is 0 Å². The zero-order valence-corrected chi connectivity index (χ0v) is 9.97. The summed E-state index contributed by atoms with van der Waals surface area (Å²) in [7, 11) is -3.12. The van der Waals surface area contributed by atoms with E-state index in [4.69, 9.17) is 0 Å².